The van der Waals surface area contributed by atoms with Gasteiger partial charge in [0.1, 0.15) is 5.75 Å². The molecule has 0 aromatic heterocycles. The van der Waals surface area contributed by atoms with E-state index in [9.17, 15) is 18.0 Å². The zero-order valence-electron chi connectivity index (χ0n) is 13.9. The van der Waals surface area contributed by atoms with Crippen molar-refractivity contribution in [1.29, 1.82) is 0 Å². The molecule has 0 radical (unpaired) electrons. The molecule has 8 heteroatoms. The number of hydrogen-bond donors (Lipinski definition) is 1. The van der Waals surface area contributed by atoms with E-state index in [0.29, 0.717) is 11.4 Å². The fourth-order valence-electron chi connectivity index (χ4n) is 2.77. The fraction of sp³-hybridized carbons (Fsp3) is 0.562. The predicted molar refractivity (Wildman–Crippen MR) is 83.4 cm³/mol. The summed E-state index contributed by atoms with van der Waals surface area (Å²) in [5, 5.41) is 2.68. The smallest absolute Gasteiger partial charge is 0.417 e. The van der Waals surface area contributed by atoms with Crippen molar-refractivity contribution in [3.05, 3.63) is 23.8 Å². The summed E-state index contributed by atoms with van der Waals surface area (Å²) in [6.45, 7) is 1.82. The zero-order chi connectivity index (χ0) is 18.0. The average Bonchev–Trinajstić information content (AvgIpc) is 2.55. The number of rotatable bonds is 3. The molecule has 0 atom stereocenters. The van der Waals surface area contributed by atoms with Gasteiger partial charge in [-0.25, -0.2) is 4.79 Å². The molecule has 1 fully saturated rings. The second kappa shape index (κ2) is 6.88. The molecular weight excluding hydrogens is 325 g/mol. The minimum Gasteiger partial charge on any atom is -0.495 e. The zero-order valence-corrected chi connectivity index (χ0v) is 13.9. The monoisotopic (exact) mass is 346 g/mol. The molecule has 134 valence electrons. The van der Waals surface area contributed by atoms with Gasteiger partial charge in [-0.2, -0.15) is 13.2 Å². The van der Waals surface area contributed by atoms with Crippen molar-refractivity contribution in [3.63, 3.8) is 0 Å². The molecule has 1 heterocycles. The van der Waals surface area contributed by atoms with Crippen molar-refractivity contribution >= 4 is 11.7 Å². The number of hydrogen-bond acceptors (Lipinski definition) is 3. The van der Waals surface area contributed by atoms with Crippen LogP contribution in [0.1, 0.15) is 18.4 Å². The quantitative estimate of drug-likeness (QED) is 0.910. The second-order valence-electron chi connectivity index (χ2n) is 5.82. The van der Waals surface area contributed by atoms with E-state index in [1.54, 1.807) is 12.1 Å². The van der Waals surface area contributed by atoms with Crippen molar-refractivity contribution in [2.45, 2.75) is 31.5 Å². The molecule has 5 nitrogen and oxygen atoms in total. The van der Waals surface area contributed by atoms with Gasteiger partial charge in [-0.15, -0.1) is 0 Å². The number of methoxy groups -OCH3 is 2. The molecule has 2 rings (SSSR count). The molecule has 24 heavy (non-hydrogen) atoms. The summed E-state index contributed by atoms with van der Waals surface area (Å²) < 4.78 is 49.4. The number of amides is 2. The third kappa shape index (κ3) is 3.58. The lowest BCUT2D eigenvalue weighted by Gasteiger charge is -2.41. The van der Waals surface area contributed by atoms with E-state index in [1.165, 1.54) is 12.0 Å². The molecule has 1 aliphatic heterocycles. The number of anilines is 1. The molecule has 0 unspecified atom stereocenters. The minimum absolute atomic E-state index is 0.0344. The number of piperidine rings is 1. The number of benzene rings is 1. The standard InChI is InChI=1S/C16H21F3N2O3/c1-11-4-5-12(13(10-11)23-2)20-14(22)21-8-6-15(24-3,7-9-21)16(17,18)19/h4-5,10H,6-9H2,1-3H3,(H,20,22). The molecule has 1 aliphatic rings. The van der Waals surface area contributed by atoms with Gasteiger partial charge in [-0.1, -0.05) is 6.07 Å². The van der Waals surface area contributed by atoms with Gasteiger partial charge in [0.05, 0.1) is 12.8 Å². The van der Waals surface area contributed by atoms with Crippen molar-refractivity contribution in [2.24, 2.45) is 0 Å². The first-order valence-electron chi connectivity index (χ1n) is 7.55. The largest absolute Gasteiger partial charge is 0.495 e. The van der Waals surface area contributed by atoms with Crippen molar-refractivity contribution in [1.82, 2.24) is 4.90 Å². The number of likely N-dealkylation sites (tertiary alicyclic amines) is 1. The maximum atomic E-state index is 13.1. The first-order chi connectivity index (χ1) is 11.2. The number of alkyl halides is 3. The highest BCUT2D eigenvalue weighted by atomic mass is 19.4. The number of carbonyl (C=O) groups excluding carboxylic acids is 1. The second-order valence-corrected chi connectivity index (χ2v) is 5.82. The van der Waals surface area contributed by atoms with Crippen molar-refractivity contribution in [2.75, 3.05) is 32.6 Å². The highest BCUT2D eigenvalue weighted by Crippen LogP contribution is 2.41. The number of halogens is 3. The van der Waals surface area contributed by atoms with Gasteiger partial charge in [0.2, 0.25) is 0 Å². The highest BCUT2D eigenvalue weighted by Gasteiger charge is 2.56. The Kier molecular flexibility index (Phi) is 5.27. The van der Waals surface area contributed by atoms with Gasteiger partial charge in [0.25, 0.3) is 0 Å². The number of aryl methyl sites for hydroxylation is 1. The van der Waals surface area contributed by atoms with Gasteiger partial charge in [-0.3, -0.25) is 0 Å². The van der Waals surface area contributed by atoms with Crippen LogP contribution in [0.5, 0.6) is 5.75 Å². The molecule has 1 N–H and O–H groups in total. The Bertz CT molecular complexity index is 597. The van der Waals surface area contributed by atoms with Crippen LogP contribution in [0.2, 0.25) is 0 Å². The Morgan fingerprint density at radius 3 is 2.38 bits per heavy atom. The van der Waals surface area contributed by atoms with Gasteiger partial charge in [0.15, 0.2) is 5.60 Å². The van der Waals surface area contributed by atoms with Crippen molar-refractivity contribution < 1.29 is 27.4 Å². The summed E-state index contributed by atoms with van der Waals surface area (Å²) in [4.78, 5) is 13.7. The molecule has 0 saturated carbocycles. The summed E-state index contributed by atoms with van der Waals surface area (Å²) in [5.41, 5.74) is -0.726. The number of nitrogens with one attached hydrogen (secondary N) is 1. The Balaban J connectivity index is 2.03. The van der Waals surface area contributed by atoms with E-state index in [-0.39, 0.29) is 25.9 Å². The summed E-state index contributed by atoms with van der Waals surface area (Å²) in [6.07, 6.45) is -5.03. The van der Waals surface area contributed by atoms with E-state index < -0.39 is 17.8 Å². The Morgan fingerprint density at radius 1 is 1.25 bits per heavy atom. The number of ether oxygens (including phenoxy) is 2. The Labute approximate surface area is 138 Å². The van der Waals surface area contributed by atoms with Crippen LogP contribution in [0.25, 0.3) is 0 Å². The lowest BCUT2D eigenvalue weighted by atomic mass is 9.90. The lowest BCUT2D eigenvalue weighted by Crippen LogP contribution is -2.56. The molecule has 2 amide bonds. The van der Waals surface area contributed by atoms with Crippen LogP contribution >= 0.6 is 0 Å². The first kappa shape index (κ1) is 18.4. The minimum atomic E-state index is -4.45. The van der Waals surface area contributed by atoms with E-state index >= 15 is 0 Å². The molecule has 1 saturated heterocycles. The molecule has 0 aliphatic carbocycles. The van der Waals surface area contributed by atoms with Crippen LogP contribution in [-0.2, 0) is 4.74 Å². The topological polar surface area (TPSA) is 50.8 Å². The fourth-order valence-corrected chi connectivity index (χ4v) is 2.77. The van der Waals surface area contributed by atoms with Gasteiger partial charge >= 0.3 is 12.2 Å². The normalized spacial score (nSPS) is 17.5. The van der Waals surface area contributed by atoms with E-state index in [4.69, 9.17) is 9.47 Å². The van der Waals surface area contributed by atoms with Gasteiger partial charge in [0, 0.05) is 33.0 Å². The lowest BCUT2D eigenvalue weighted by molar-refractivity contribution is -0.280. The average molecular weight is 346 g/mol. The maximum absolute atomic E-state index is 13.1. The summed E-state index contributed by atoms with van der Waals surface area (Å²) in [7, 11) is 2.54. The van der Waals surface area contributed by atoms with Crippen LogP contribution < -0.4 is 10.1 Å². The summed E-state index contributed by atoms with van der Waals surface area (Å²) in [5.74, 6) is 0.502. The van der Waals surface area contributed by atoms with Crippen molar-refractivity contribution in [3.8, 4) is 5.75 Å². The molecule has 1 aromatic rings. The number of carbonyl (C=O) groups is 1. The first-order valence-corrected chi connectivity index (χ1v) is 7.55. The van der Waals surface area contributed by atoms with Crippen LogP contribution in [0.4, 0.5) is 23.7 Å². The molecule has 1 aromatic carbocycles. The SMILES string of the molecule is COc1cc(C)ccc1NC(=O)N1CCC(OC)(C(F)(F)F)CC1. The third-order valence-electron chi connectivity index (χ3n) is 4.36. The van der Waals surface area contributed by atoms with Gasteiger partial charge < -0.3 is 19.7 Å². The van der Waals surface area contributed by atoms with E-state index in [1.807, 2.05) is 13.0 Å². The molecular formula is C16H21F3N2O3. The Morgan fingerprint density at radius 2 is 1.88 bits per heavy atom. The van der Waals surface area contributed by atoms with Crippen LogP contribution in [0.3, 0.4) is 0 Å². The number of urea groups is 1. The van der Waals surface area contributed by atoms with Crippen LogP contribution in [0, 0.1) is 6.92 Å². The summed E-state index contributed by atoms with van der Waals surface area (Å²) in [6, 6.07) is 4.83. The maximum Gasteiger partial charge on any atom is 0.417 e. The van der Waals surface area contributed by atoms with Gasteiger partial charge in [-0.05, 0) is 24.6 Å². The number of nitrogens with zero attached hydrogens (tertiary/aromatic N) is 1. The molecule has 0 bridgehead atoms. The highest BCUT2D eigenvalue weighted by molar-refractivity contribution is 5.91. The third-order valence-corrected chi connectivity index (χ3v) is 4.36. The Hall–Kier alpha value is -1.96. The van der Waals surface area contributed by atoms with Crippen LogP contribution in [-0.4, -0.2) is 50.0 Å². The predicted octanol–water partition coefficient (Wildman–Crippen LogP) is 3.58. The van der Waals surface area contributed by atoms with Crippen LogP contribution in [0.15, 0.2) is 18.2 Å². The summed E-state index contributed by atoms with van der Waals surface area (Å²) >= 11 is 0. The molecule has 0 spiro atoms. The van der Waals surface area contributed by atoms with E-state index in [0.717, 1.165) is 12.7 Å². The van der Waals surface area contributed by atoms with E-state index in [2.05, 4.69) is 5.32 Å².